The first-order valence-corrected chi connectivity index (χ1v) is 4.81. The van der Waals surface area contributed by atoms with E-state index in [0.717, 1.165) is 21.7 Å². The maximum atomic E-state index is 10.6. The van der Waals surface area contributed by atoms with Gasteiger partial charge in [-0.2, -0.15) is 0 Å². The van der Waals surface area contributed by atoms with Crippen molar-refractivity contribution in [1.29, 1.82) is 0 Å². The maximum absolute atomic E-state index is 10.6. The third-order valence-electron chi connectivity index (χ3n) is 1.86. The SMILES string of the molecule is O=Cc1c[nH]c2c(Br)cc(Cl)cc12. The molecule has 1 aromatic heterocycles. The molecule has 2 rings (SSSR count). The van der Waals surface area contributed by atoms with Crippen LogP contribution in [0.4, 0.5) is 0 Å². The number of hydrogen-bond acceptors (Lipinski definition) is 1. The van der Waals surface area contributed by atoms with Gasteiger partial charge in [-0.15, -0.1) is 0 Å². The summed E-state index contributed by atoms with van der Waals surface area (Å²) in [5.41, 5.74) is 1.52. The lowest BCUT2D eigenvalue weighted by molar-refractivity contribution is 0.112. The van der Waals surface area contributed by atoms with Gasteiger partial charge in [0.2, 0.25) is 0 Å². The van der Waals surface area contributed by atoms with Crippen LogP contribution in [0.5, 0.6) is 0 Å². The van der Waals surface area contributed by atoms with Crippen LogP contribution in [0.25, 0.3) is 10.9 Å². The number of aromatic amines is 1. The van der Waals surface area contributed by atoms with Gasteiger partial charge in [-0.25, -0.2) is 0 Å². The molecule has 1 aromatic carbocycles. The van der Waals surface area contributed by atoms with Crippen LogP contribution in [-0.2, 0) is 0 Å². The number of hydrogen-bond donors (Lipinski definition) is 1. The molecule has 0 aliphatic carbocycles. The zero-order chi connectivity index (χ0) is 9.42. The number of H-pyrrole nitrogens is 1. The lowest BCUT2D eigenvalue weighted by Crippen LogP contribution is -1.75. The highest BCUT2D eigenvalue weighted by Crippen LogP contribution is 2.28. The van der Waals surface area contributed by atoms with Crippen LogP contribution >= 0.6 is 27.5 Å². The fourth-order valence-corrected chi connectivity index (χ4v) is 2.20. The summed E-state index contributed by atoms with van der Waals surface area (Å²) in [7, 11) is 0. The van der Waals surface area contributed by atoms with E-state index in [9.17, 15) is 4.79 Å². The van der Waals surface area contributed by atoms with E-state index < -0.39 is 0 Å². The number of nitrogens with one attached hydrogen (secondary N) is 1. The normalized spacial score (nSPS) is 10.6. The van der Waals surface area contributed by atoms with Crippen LogP contribution in [0.3, 0.4) is 0 Å². The van der Waals surface area contributed by atoms with Gasteiger partial charge in [-0.1, -0.05) is 11.6 Å². The van der Waals surface area contributed by atoms with Crippen LogP contribution in [0.1, 0.15) is 10.4 Å². The van der Waals surface area contributed by atoms with Gasteiger partial charge in [-0.3, -0.25) is 4.79 Å². The molecule has 0 saturated heterocycles. The van der Waals surface area contributed by atoms with Crippen molar-refractivity contribution in [3.63, 3.8) is 0 Å². The second-order valence-corrected chi connectivity index (χ2v) is 3.96. The molecule has 0 bridgehead atoms. The van der Waals surface area contributed by atoms with Crippen molar-refractivity contribution < 1.29 is 4.79 Å². The van der Waals surface area contributed by atoms with E-state index in [1.807, 2.05) is 0 Å². The van der Waals surface area contributed by atoms with Gasteiger partial charge in [0.1, 0.15) is 0 Å². The smallest absolute Gasteiger partial charge is 0.152 e. The van der Waals surface area contributed by atoms with Crippen LogP contribution < -0.4 is 0 Å². The monoisotopic (exact) mass is 257 g/mol. The summed E-state index contributed by atoms with van der Waals surface area (Å²) in [6.45, 7) is 0. The van der Waals surface area contributed by atoms with E-state index in [1.165, 1.54) is 0 Å². The topological polar surface area (TPSA) is 32.9 Å². The minimum atomic E-state index is 0.613. The summed E-state index contributed by atoms with van der Waals surface area (Å²) < 4.78 is 0.864. The number of aromatic nitrogens is 1. The Morgan fingerprint density at radius 1 is 1.46 bits per heavy atom. The summed E-state index contributed by atoms with van der Waals surface area (Å²) >= 11 is 9.21. The number of carbonyl (C=O) groups is 1. The number of benzene rings is 1. The molecule has 0 unspecified atom stereocenters. The molecule has 1 heterocycles. The van der Waals surface area contributed by atoms with Crippen molar-refractivity contribution in [2.24, 2.45) is 0 Å². The Labute approximate surface area is 88.0 Å². The first kappa shape index (κ1) is 8.78. The number of halogens is 2. The second kappa shape index (κ2) is 3.16. The predicted octanol–water partition coefficient (Wildman–Crippen LogP) is 3.40. The van der Waals surface area contributed by atoms with Gasteiger partial charge in [0.05, 0.1) is 5.52 Å². The second-order valence-electron chi connectivity index (χ2n) is 2.67. The minimum absolute atomic E-state index is 0.613. The highest BCUT2D eigenvalue weighted by atomic mass is 79.9. The van der Waals surface area contributed by atoms with Gasteiger partial charge >= 0.3 is 0 Å². The third kappa shape index (κ3) is 1.38. The van der Waals surface area contributed by atoms with Crippen molar-refractivity contribution in [3.05, 3.63) is 33.4 Å². The molecular weight excluding hydrogens is 253 g/mol. The summed E-state index contributed by atoms with van der Waals surface area (Å²) in [6.07, 6.45) is 2.47. The first-order chi connectivity index (χ1) is 6.22. The summed E-state index contributed by atoms with van der Waals surface area (Å²) in [5, 5.41) is 1.46. The van der Waals surface area contributed by atoms with Crippen molar-refractivity contribution >= 4 is 44.7 Å². The molecule has 0 amide bonds. The number of rotatable bonds is 1. The van der Waals surface area contributed by atoms with Crippen molar-refractivity contribution in [2.45, 2.75) is 0 Å². The molecule has 1 N–H and O–H groups in total. The molecule has 0 aliphatic rings. The zero-order valence-corrected chi connectivity index (χ0v) is 8.82. The minimum Gasteiger partial charge on any atom is -0.360 e. The molecule has 0 saturated carbocycles. The molecular formula is C9H5BrClNO. The summed E-state index contributed by atoms with van der Waals surface area (Å²) in [5.74, 6) is 0. The molecule has 4 heteroatoms. The summed E-state index contributed by atoms with van der Waals surface area (Å²) in [4.78, 5) is 13.6. The van der Waals surface area contributed by atoms with E-state index in [0.29, 0.717) is 10.6 Å². The quantitative estimate of drug-likeness (QED) is 0.781. The third-order valence-corrected chi connectivity index (χ3v) is 2.71. The Morgan fingerprint density at radius 3 is 2.92 bits per heavy atom. The van der Waals surface area contributed by atoms with Crippen LogP contribution in [-0.4, -0.2) is 11.3 Å². The molecule has 0 radical (unpaired) electrons. The largest absolute Gasteiger partial charge is 0.360 e. The zero-order valence-electron chi connectivity index (χ0n) is 6.47. The average molecular weight is 259 g/mol. The van der Waals surface area contributed by atoms with Gasteiger partial charge in [0, 0.05) is 26.6 Å². The first-order valence-electron chi connectivity index (χ1n) is 3.63. The average Bonchev–Trinajstić information content (AvgIpc) is 2.47. The Bertz CT molecular complexity index is 478. The number of carbonyl (C=O) groups excluding carboxylic acids is 1. The van der Waals surface area contributed by atoms with Gasteiger partial charge in [0.25, 0.3) is 0 Å². The fourth-order valence-electron chi connectivity index (χ4n) is 1.27. The molecule has 0 spiro atoms. The number of fused-ring (bicyclic) bond motifs is 1. The van der Waals surface area contributed by atoms with E-state index >= 15 is 0 Å². The molecule has 0 fully saturated rings. The Morgan fingerprint density at radius 2 is 2.23 bits per heavy atom. The Kier molecular flexibility index (Phi) is 2.14. The fraction of sp³-hybridized carbons (Fsp3) is 0. The van der Waals surface area contributed by atoms with Crippen LogP contribution in [0.2, 0.25) is 5.02 Å². The van der Waals surface area contributed by atoms with Gasteiger partial charge in [-0.05, 0) is 28.1 Å². The summed E-state index contributed by atoms with van der Waals surface area (Å²) in [6, 6.07) is 3.55. The molecule has 66 valence electrons. The molecule has 2 nitrogen and oxygen atoms in total. The molecule has 13 heavy (non-hydrogen) atoms. The highest BCUT2D eigenvalue weighted by Gasteiger charge is 2.06. The molecule has 2 aromatic rings. The molecule has 0 aliphatic heterocycles. The van der Waals surface area contributed by atoms with Gasteiger partial charge in [0.15, 0.2) is 6.29 Å². The van der Waals surface area contributed by atoms with E-state index in [-0.39, 0.29) is 0 Å². The maximum Gasteiger partial charge on any atom is 0.152 e. The van der Waals surface area contributed by atoms with Crippen LogP contribution in [0.15, 0.2) is 22.8 Å². The van der Waals surface area contributed by atoms with Crippen molar-refractivity contribution in [3.8, 4) is 0 Å². The predicted molar refractivity (Wildman–Crippen MR) is 56.4 cm³/mol. The van der Waals surface area contributed by atoms with Crippen molar-refractivity contribution in [2.75, 3.05) is 0 Å². The van der Waals surface area contributed by atoms with E-state index in [1.54, 1.807) is 18.3 Å². The highest BCUT2D eigenvalue weighted by molar-refractivity contribution is 9.10. The lowest BCUT2D eigenvalue weighted by atomic mass is 10.2. The van der Waals surface area contributed by atoms with Gasteiger partial charge < -0.3 is 4.98 Å². The van der Waals surface area contributed by atoms with Crippen molar-refractivity contribution in [1.82, 2.24) is 4.98 Å². The lowest BCUT2D eigenvalue weighted by Gasteiger charge is -1.95. The van der Waals surface area contributed by atoms with E-state index in [4.69, 9.17) is 11.6 Å². The Hall–Kier alpha value is -0.800. The Balaban J connectivity index is 2.89. The number of aldehydes is 1. The standard InChI is InChI=1S/C9H5BrClNO/c10-8-2-6(11)1-7-5(4-13)3-12-9(7)8/h1-4,12H. The van der Waals surface area contributed by atoms with E-state index in [2.05, 4.69) is 20.9 Å². The molecule has 0 atom stereocenters. The van der Waals surface area contributed by atoms with Crippen LogP contribution in [0, 0.1) is 0 Å².